The molecule has 18 heavy (non-hydrogen) atoms. The Hall–Kier alpha value is -1.39. The van der Waals surface area contributed by atoms with Crippen LogP contribution in [0.2, 0.25) is 5.02 Å². The van der Waals surface area contributed by atoms with E-state index < -0.39 is 0 Å². The second-order valence-electron chi connectivity index (χ2n) is 4.01. The van der Waals surface area contributed by atoms with Crippen LogP contribution in [0.15, 0.2) is 18.2 Å². The topological polar surface area (TPSA) is 50.9 Å². The molecule has 0 aliphatic carbocycles. The fraction of sp³-hybridized carbons (Fsp3) is 0.385. The highest BCUT2D eigenvalue weighted by molar-refractivity contribution is 6.32. The van der Waals surface area contributed by atoms with E-state index in [0.717, 1.165) is 35.7 Å². The van der Waals surface area contributed by atoms with Gasteiger partial charge in [-0.2, -0.15) is 5.10 Å². The minimum atomic E-state index is -0.0157. The normalized spacial score (nSPS) is 10.9. The van der Waals surface area contributed by atoms with E-state index in [1.165, 1.54) is 0 Å². The van der Waals surface area contributed by atoms with Gasteiger partial charge in [-0.3, -0.25) is 0 Å². The van der Waals surface area contributed by atoms with Crippen molar-refractivity contribution < 1.29 is 5.11 Å². The summed E-state index contributed by atoms with van der Waals surface area (Å²) in [6, 6.07) is 5.46. The summed E-state index contributed by atoms with van der Waals surface area (Å²) >= 11 is 6.22. The lowest BCUT2D eigenvalue weighted by molar-refractivity contribution is 0.282. The second-order valence-corrected chi connectivity index (χ2v) is 4.41. The standard InChI is InChI=1S/C13H16ClN3O/c1-3-12-15-13(4-2)17(16-12)11-6-5-9(8-18)7-10(11)14/h5-7,18H,3-4,8H2,1-2H3. The maximum absolute atomic E-state index is 9.07. The number of hydrogen-bond acceptors (Lipinski definition) is 3. The second kappa shape index (κ2) is 5.50. The number of halogens is 1. The van der Waals surface area contributed by atoms with Crippen LogP contribution >= 0.6 is 11.6 Å². The van der Waals surface area contributed by atoms with Crippen molar-refractivity contribution >= 4 is 11.6 Å². The van der Waals surface area contributed by atoms with Gasteiger partial charge < -0.3 is 5.11 Å². The maximum atomic E-state index is 9.07. The summed E-state index contributed by atoms with van der Waals surface area (Å²) < 4.78 is 1.78. The zero-order chi connectivity index (χ0) is 13.1. The molecule has 1 aromatic carbocycles. The fourth-order valence-corrected chi connectivity index (χ4v) is 2.07. The van der Waals surface area contributed by atoms with Crippen LogP contribution in [0.4, 0.5) is 0 Å². The average Bonchev–Trinajstić information content (AvgIpc) is 2.81. The van der Waals surface area contributed by atoms with Gasteiger partial charge >= 0.3 is 0 Å². The van der Waals surface area contributed by atoms with Crippen LogP contribution < -0.4 is 0 Å². The molecule has 0 atom stereocenters. The number of nitrogens with zero attached hydrogens (tertiary/aromatic N) is 3. The summed E-state index contributed by atoms with van der Waals surface area (Å²) in [5, 5.41) is 14.1. The summed E-state index contributed by atoms with van der Waals surface area (Å²) in [5.74, 6) is 1.71. The number of aromatic nitrogens is 3. The molecule has 1 N–H and O–H groups in total. The molecule has 0 spiro atoms. The number of hydrogen-bond donors (Lipinski definition) is 1. The first-order valence-corrected chi connectivity index (χ1v) is 6.41. The number of aliphatic hydroxyl groups is 1. The Morgan fingerprint density at radius 2 is 2.06 bits per heavy atom. The number of aliphatic hydroxyl groups excluding tert-OH is 1. The Labute approximate surface area is 111 Å². The highest BCUT2D eigenvalue weighted by Gasteiger charge is 2.12. The van der Waals surface area contributed by atoms with Gasteiger partial charge in [0.1, 0.15) is 5.82 Å². The zero-order valence-corrected chi connectivity index (χ0v) is 11.3. The molecule has 2 rings (SSSR count). The summed E-state index contributed by atoms with van der Waals surface area (Å²) in [6.45, 7) is 4.05. The largest absolute Gasteiger partial charge is 0.392 e. The van der Waals surface area contributed by atoms with Crippen molar-refractivity contribution in [2.45, 2.75) is 33.3 Å². The molecule has 0 aliphatic heterocycles. The lowest BCUT2D eigenvalue weighted by Gasteiger charge is -2.07. The molecule has 0 bridgehead atoms. The Kier molecular flexibility index (Phi) is 3.99. The predicted octanol–water partition coefficient (Wildman–Crippen LogP) is 2.54. The Morgan fingerprint density at radius 1 is 1.28 bits per heavy atom. The minimum Gasteiger partial charge on any atom is -0.392 e. The number of aryl methyl sites for hydroxylation is 2. The summed E-state index contributed by atoms with van der Waals surface area (Å²) in [5.41, 5.74) is 1.59. The van der Waals surface area contributed by atoms with Crippen LogP contribution in [-0.4, -0.2) is 19.9 Å². The lowest BCUT2D eigenvalue weighted by atomic mass is 10.2. The SMILES string of the molecule is CCc1nc(CC)n(-c2ccc(CO)cc2Cl)n1. The van der Waals surface area contributed by atoms with E-state index in [9.17, 15) is 0 Å². The Morgan fingerprint density at radius 3 is 2.61 bits per heavy atom. The van der Waals surface area contributed by atoms with Crippen molar-refractivity contribution in [1.29, 1.82) is 0 Å². The van der Waals surface area contributed by atoms with Crippen molar-refractivity contribution in [2.24, 2.45) is 0 Å². The molecular formula is C13H16ClN3O. The third-order valence-corrected chi connectivity index (χ3v) is 3.08. The molecule has 96 valence electrons. The molecule has 0 aliphatic rings. The first kappa shape index (κ1) is 13.1. The summed E-state index contributed by atoms with van der Waals surface area (Å²) in [7, 11) is 0. The van der Waals surface area contributed by atoms with Crippen molar-refractivity contribution in [3.05, 3.63) is 40.4 Å². The van der Waals surface area contributed by atoms with Gasteiger partial charge in [0, 0.05) is 12.8 Å². The zero-order valence-electron chi connectivity index (χ0n) is 10.5. The number of benzene rings is 1. The van der Waals surface area contributed by atoms with Crippen molar-refractivity contribution in [3.63, 3.8) is 0 Å². The van der Waals surface area contributed by atoms with E-state index in [-0.39, 0.29) is 6.61 Å². The lowest BCUT2D eigenvalue weighted by Crippen LogP contribution is -2.03. The van der Waals surface area contributed by atoms with E-state index in [1.54, 1.807) is 10.7 Å². The van der Waals surface area contributed by atoms with E-state index in [2.05, 4.69) is 10.1 Å². The van der Waals surface area contributed by atoms with Crippen LogP contribution in [-0.2, 0) is 19.4 Å². The fourth-order valence-electron chi connectivity index (χ4n) is 1.78. The summed E-state index contributed by atoms with van der Waals surface area (Å²) in [4.78, 5) is 4.45. The van der Waals surface area contributed by atoms with E-state index >= 15 is 0 Å². The van der Waals surface area contributed by atoms with Gasteiger partial charge in [0.25, 0.3) is 0 Å². The molecule has 2 aromatic rings. The molecule has 0 fully saturated rings. The van der Waals surface area contributed by atoms with Gasteiger partial charge in [0.2, 0.25) is 0 Å². The highest BCUT2D eigenvalue weighted by Crippen LogP contribution is 2.23. The van der Waals surface area contributed by atoms with Crippen molar-refractivity contribution in [1.82, 2.24) is 14.8 Å². The highest BCUT2D eigenvalue weighted by atomic mass is 35.5. The molecular weight excluding hydrogens is 250 g/mol. The molecule has 4 nitrogen and oxygen atoms in total. The minimum absolute atomic E-state index is 0.0157. The van der Waals surface area contributed by atoms with Gasteiger partial charge in [-0.05, 0) is 17.7 Å². The Bertz CT molecular complexity index is 551. The van der Waals surface area contributed by atoms with Crippen LogP contribution in [0.25, 0.3) is 5.69 Å². The van der Waals surface area contributed by atoms with Gasteiger partial charge in [-0.25, -0.2) is 9.67 Å². The van der Waals surface area contributed by atoms with Crippen LogP contribution in [0.3, 0.4) is 0 Å². The average molecular weight is 266 g/mol. The van der Waals surface area contributed by atoms with Crippen LogP contribution in [0.1, 0.15) is 31.1 Å². The summed E-state index contributed by atoms with van der Waals surface area (Å²) in [6.07, 6.45) is 1.59. The third-order valence-electron chi connectivity index (χ3n) is 2.77. The predicted molar refractivity (Wildman–Crippen MR) is 71.0 cm³/mol. The maximum Gasteiger partial charge on any atom is 0.151 e. The molecule has 1 heterocycles. The quantitative estimate of drug-likeness (QED) is 0.924. The van der Waals surface area contributed by atoms with E-state index in [0.29, 0.717) is 5.02 Å². The Balaban J connectivity index is 2.50. The smallest absolute Gasteiger partial charge is 0.151 e. The molecule has 0 saturated heterocycles. The molecule has 0 unspecified atom stereocenters. The van der Waals surface area contributed by atoms with E-state index in [4.69, 9.17) is 16.7 Å². The van der Waals surface area contributed by atoms with Gasteiger partial charge in [0.15, 0.2) is 5.82 Å². The van der Waals surface area contributed by atoms with Crippen LogP contribution in [0, 0.1) is 0 Å². The van der Waals surface area contributed by atoms with Crippen LogP contribution in [0.5, 0.6) is 0 Å². The molecule has 0 saturated carbocycles. The molecule has 0 amide bonds. The van der Waals surface area contributed by atoms with Crippen molar-refractivity contribution in [3.8, 4) is 5.69 Å². The monoisotopic (exact) mass is 265 g/mol. The van der Waals surface area contributed by atoms with Crippen molar-refractivity contribution in [2.75, 3.05) is 0 Å². The first-order valence-electron chi connectivity index (χ1n) is 6.04. The van der Waals surface area contributed by atoms with E-state index in [1.807, 2.05) is 26.0 Å². The van der Waals surface area contributed by atoms with Gasteiger partial charge in [-0.1, -0.05) is 31.5 Å². The van der Waals surface area contributed by atoms with Gasteiger partial charge in [-0.15, -0.1) is 0 Å². The molecule has 0 radical (unpaired) electrons. The van der Waals surface area contributed by atoms with Gasteiger partial charge in [0.05, 0.1) is 17.3 Å². The third kappa shape index (κ3) is 2.40. The number of rotatable bonds is 4. The molecule has 1 aromatic heterocycles. The first-order chi connectivity index (χ1) is 8.69. The molecule has 5 heteroatoms.